The van der Waals surface area contributed by atoms with Crippen molar-refractivity contribution >= 4 is 56.2 Å². The van der Waals surface area contributed by atoms with Crippen molar-refractivity contribution in [2.75, 3.05) is 9.80 Å². The Labute approximate surface area is 399 Å². The largest absolute Gasteiger partial charge is 0.338 e. The third kappa shape index (κ3) is 6.05. The molecule has 69 heavy (non-hydrogen) atoms. The Balaban J connectivity index is 1.09. The van der Waals surface area contributed by atoms with E-state index in [0.29, 0.717) is 0 Å². The number of aromatic nitrogens is 4. The third-order valence-electron chi connectivity index (χ3n) is 14.1. The van der Waals surface area contributed by atoms with E-state index in [2.05, 4.69) is 250 Å². The van der Waals surface area contributed by atoms with Gasteiger partial charge < -0.3 is 19.8 Å². The summed E-state index contributed by atoms with van der Waals surface area (Å²) < 4.78 is 0. The molecule has 324 valence electrons. The number of fused-ring (bicyclic) bond motifs is 12. The zero-order valence-corrected chi connectivity index (χ0v) is 37.4. The second-order valence-electron chi connectivity index (χ2n) is 17.9. The van der Waals surface area contributed by atoms with Crippen LogP contribution in [0.1, 0.15) is 22.3 Å². The van der Waals surface area contributed by atoms with E-state index in [1.807, 2.05) is 12.1 Å². The fourth-order valence-electron chi connectivity index (χ4n) is 11.2. The summed E-state index contributed by atoms with van der Waals surface area (Å²) in [4.78, 5) is 22.4. The summed E-state index contributed by atoms with van der Waals surface area (Å²) in [5.74, 6) is 1.68. The fraction of sp³-hybridized carbons (Fsp3) is 0.0159. The van der Waals surface area contributed by atoms with Gasteiger partial charge in [0.1, 0.15) is 11.6 Å². The van der Waals surface area contributed by atoms with E-state index in [9.17, 15) is 0 Å². The Morgan fingerprint density at radius 3 is 0.971 bits per heavy atom. The molecule has 0 radical (unpaired) electrons. The predicted octanol–water partition coefficient (Wildman–Crippen LogP) is 16.1. The van der Waals surface area contributed by atoms with E-state index in [1.54, 1.807) is 0 Å². The number of benzene rings is 10. The summed E-state index contributed by atoms with van der Waals surface area (Å²) in [5, 5.41) is 0. The van der Waals surface area contributed by atoms with Gasteiger partial charge in [-0.05, 0) is 154 Å². The molecule has 2 N–H and O–H groups in total. The van der Waals surface area contributed by atoms with Crippen LogP contribution >= 0.6 is 0 Å². The summed E-state index contributed by atoms with van der Waals surface area (Å²) >= 11 is 0. The van der Waals surface area contributed by atoms with Crippen molar-refractivity contribution in [1.29, 1.82) is 0 Å². The van der Waals surface area contributed by atoms with Crippen LogP contribution < -0.4 is 9.80 Å². The van der Waals surface area contributed by atoms with E-state index in [-0.39, 0.29) is 0 Å². The molecule has 0 unspecified atom stereocenters. The molecule has 0 saturated carbocycles. The SMILES string of the molecule is c1ccc(N(c2ccccc2)c2ccc3c(c2)C2(c4cc(-c5nc6ccccc6[nH]5)ccc4-3)c3cc(-c4nc5ccccc5[nH]4)ccc3-c3ccc(N(c4ccccc4)c4ccccc4)cc32)cc1. The number of hydrogen-bond donors (Lipinski definition) is 2. The Kier molecular flexibility index (Phi) is 8.70. The number of para-hydroxylation sites is 8. The predicted molar refractivity (Wildman–Crippen MR) is 282 cm³/mol. The molecular weight excluding hydrogens is 841 g/mol. The summed E-state index contributed by atoms with van der Waals surface area (Å²) in [5.41, 5.74) is 21.3. The minimum Gasteiger partial charge on any atom is -0.338 e. The first-order valence-corrected chi connectivity index (χ1v) is 23.5. The second kappa shape index (κ2) is 15.4. The standard InChI is InChI=1S/C63H42N6/c1-5-17-43(18-6-1)68(44-19-7-2-8-20-44)47-31-35-51-49-33-29-41(61-64-57-25-13-14-26-58(57)65-61)37-53(49)63(55(51)39-47)54-38-42(62-66-59-27-15-16-28-60(59)67-62)30-34-50(54)52-36-32-48(40-56(52)63)69(45-21-9-3-10-22-45)46-23-11-4-12-24-46/h1-40H,(H,64,65)(H,66,67). The van der Waals surface area contributed by atoms with Crippen molar-refractivity contribution in [2.24, 2.45) is 0 Å². The molecule has 0 amide bonds. The molecule has 10 aromatic carbocycles. The van der Waals surface area contributed by atoms with E-state index in [1.165, 1.54) is 44.5 Å². The molecule has 12 aromatic rings. The number of aromatic amines is 2. The minimum atomic E-state index is -0.774. The van der Waals surface area contributed by atoms with Crippen molar-refractivity contribution in [3.63, 3.8) is 0 Å². The number of anilines is 6. The van der Waals surface area contributed by atoms with Crippen LogP contribution in [0, 0.1) is 0 Å². The van der Waals surface area contributed by atoms with Crippen LogP contribution in [-0.4, -0.2) is 19.9 Å². The van der Waals surface area contributed by atoms with Gasteiger partial charge in [-0.2, -0.15) is 0 Å². The molecule has 2 aliphatic carbocycles. The zero-order chi connectivity index (χ0) is 45.5. The lowest BCUT2D eigenvalue weighted by Crippen LogP contribution is -2.27. The lowest BCUT2D eigenvalue weighted by Gasteiger charge is -2.33. The molecular formula is C63H42N6. The quantitative estimate of drug-likeness (QED) is 0.160. The van der Waals surface area contributed by atoms with Crippen molar-refractivity contribution in [3.8, 4) is 45.0 Å². The molecule has 2 aliphatic rings. The topological polar surface area (TPSA) is 63.8 Å². The summed E-state index contributed by atoms with van der Waals surface area (Å²) in [6.45, 7) is 0. The first-order valence-electron chi connectivity index (χ1n) is 23.5. The highest BCUT2D eigenvalue weighted by molar-refractivity contribution is 5.99. The molecule has 6 heteroatoms. The van der Waals surface area contributed by atoms with Gasteiger partial charge in [0.25, 0.3) is 0 Å². The lowest BCUT2D eigenvalue weighted by atomic mass is 9.70. The maximum Gasteiger partial charge on any atom is 0.138 e. The Hall–Kier alpha value is -9.26. The molecule has 0 fully saturated rings. The average Bonchev–Trinajstić information content (AvgIpc) is 4.19. The molecule has 0 bridgehead atoms. The van der Waals surface area contributed by atoms with Gasteiger partial charge in [-0.1, -0.05) is 133 Å². The summed E-state index contributed by atoms with van der Waals surface area (Å²) in [6, 6.07) is 87.5. The van der Waals surface area contributed by atoms with E-state index in [0.717, 1.165) is 79.0 Å². The van der Waals surface area contributed by atoms with Gasteiger partial charge in [0, 0.05) is 45.3 Å². The smallest absolute Gasteiger partial charge is 0.138 e. The van der Waals surface area contributed by atoms with Crippen LogP contribution in [-0.2, 0) is 5.41 Å². The van der Waals surface area contributed by atoms with Crippen LogP contribution in [0.25, 0.3) is 67.1 Å². The highest BCUT2D eigenvalue weighted by Crippen LogP contribution is 2.65. The maximum atomic E-state index is 5.16. The Bertz CT molecular complexity index is 3510. The van der Waals surface area contributed by atoms with E-state index in [4.69, 9.17) is 9.97 Å². The molecule has 0 aliphatic heterocycles. The third-order valence-corrected chi connectivity index (χ3v) is 14.1. The highest BCUT2D eigenvalue weighted by atomic mass is 15.1. The van der Waals surface area contributed by atoms with Gasteiger partial charge in [0.05, 0.1) is 27.5 Å². The summed E-state index contributed by atoms with van der Waals surface area (Å²) in [6.07, 6.45) is 0. The monoisotopic (exact) mass is 882 g/mol. The van der Waals surface area contributed by atoms with Gasteiger partial charge in [0.15, 0.2) is 0 Å². The molecule has 2 heterocycles. The van der Waals surface area contributed by atoms with Crippen molar-refractivity contribution in [3.05, 3.63) is 265 Å². The second-order valence-corrected chi connectivity index (χ2v) is 17.9. The first kappa shape index (κ1) is 39.0. The molecule has 1 spiro atoms. The number of rotatable bonds is 8. The van der Waals surface area contributed by atoms with Crippen LogP contribution in [0.5, 0.6) is 0 Å². The molecule has 6 nitrogen and oxygen atoms in total. The molecule has 2 aromatic heterocycles. The zero-order valence-electron chi connectivity index (χ0n) is 37.4. The van der Waals surface area contributed by atoms with Gasteiger partial charge in [-0.15, -0.1) is 0 Å². The van der Waals surface area contributed by atoms with E-state index >= 15 is 0 Å². The van der Waals surface area contributed by atoms with Gasteiger partial charge in [-0.3, -0.25) is 0 Å². The average molecular weight is 883 g/mol. The van der Waals surface area contributed by atoms with Crippen LogP contribution in [0.2, 0.25) is 0 Å². The number of imidazole rings is 2. The van der Waals surface area contributed by atoms with Crippen molar-refractivity contribution < 1.29 is 0 Å². The number of H-pyrrole nitrogens is 2. The van der Waals surface area contributed by atoms with Gasteiger partial charge >= 0.3 is 0 Å². The van der Waals surface area contributed by atoms with E-state index < -0.39 is 5.41 Å². The van der Waals surface area contributed by atoms with Gasteiger partial charge in [0.2, 0.25) is 0 Å². The van der Waals surface area contributed by atoms with Crippen LogP contribution in [0.3, 0.4) is 0 Å². The fourth-order valence-corrected chi connectivity index (χ4v) is 11.2. The van der Waals surface area contributed by atoms with Crippen LogP contribution in [0.4, 0.5) is 34.1 Å². The lowest BCUT2D eigenvalue weighted by molar-refractivity contribution is 0.794. The minimum absolute atomic E-state index is 0.774. The van der Waals surface area contributed by atoms with Crippen LogP contribution in [0.15, 0.2) is 243 Å². The number of nitrogens with zero attached hydrogens (tertiary/aromatic N) is 4. The first-order chi connectivity index (χ1) is 34.2. The van der Waals surface area contributed by atoms with Crippen molar-refractivity contribution in [2.45, 2.75) is 5.41 Å². The maximum absolute atomic E-state index is 5.16. The molecule has 0 atom stereocenters. The number of nitrogens with one attached hydrogen (secondary N) is 2. The Morgan fingerprint density at radius 1 is 0.290 bits per heavy atom. The number of hydrogen-bond acceptors (Lipinski definition) is 4. The summed E-state index contributed by atoms with van der Waals surface area (Å²) in [7, 11) is 0. The molecule has 14 rings (SSSR count). The molecule has 0 saturated heterocycles. The Morgan fingerprint density at radius 2 is 0.609 bits per heavy atom. The van der Waals surface area contributed by atoms with Gasteiger partial charge in [-0.25, -0.2) is 9.97 Å². The van der Waals surface area contributed by atoms with Crippen molar-refractivity contribution in [1.82, 2.24) is 19.9 Å². The highest BCUT2D eigenvalue weighted by Gasteiger charge is 2.52. The normalized spacial score (nSPS) is 12.8.